The molecule has 0 saturated heterocycles. The number of rotatable bonds is 6. The van der Waals surface area contributed by atoms with Crippen molar-refractivity contribution in [3.05, 3.63) is 52.7 Å². The molecule has 0 unspecified atom stereocenters. The Kier molecular flexibility index (Phi) is 5.37. The molecule has 6 nitrogen and oxygen atoms in total. The molecule has 1 aromatic carbocycles. The first-order chi connectivity index (χ1) is 13.7. The van der Waals surface area contributed by atoms with Crippen molar-refractivity contribution in [1.29, 1.82) is 0 Å². The van der Waals surface area contributed by atoms with Crippen LogP contribution >= 0.6 is 0 Å². The fourth-order valence-corrected chi connectivity index (χ4v) is 4.19. The van der Waals surface area contributed by atoms with Gasteiger partial charge in [0.2, 0.25) is 0 Å². The molecule has 4 rings (SSSR count). The van der Waals surface area contributed by atoms with Crippen LogP contribution in [0.1, 0.15) is 50.6 Å². The van der Waals surface area contributed by atoms with Gasteiger partial charge in [0.05, 0.1) is 30.5 Å². The van der Waals surface area contributed by atoms with Crippen molar-refractivity contribution in [2.45, 2.75) is 45.1 Å². The summed E-state index contributed by atoms with van der Waals surface area (Å²) in [5.74, 6) is 0.790. The van der Waals surface area contributed by atoms with E-state index in [0.29, 0.717) is 25.3 Å². The summed E-state index contributed by atoms with van der Waals surface area (Å²) in [6.07, 6.45) is 8.04. The summed E-state index contributed by atoms with van der Waals surface area (Å²) in [6.45, 7) is 3.71. The standard InChI is InChI=1S/C22H27N3O3/c1-2-28-17-10-8-16(9-11-17)20-19-18(23-22(27)24-20)14-25(21(19)26)13-12-15-6-4-3-5-7-15/h6,8-11,20H,2-5,7,12-14H2,1H3,(H2,23,24,27)/t20-/m0/s1. The molecule has 2 heterocycles. The molecule has 0 aromatic heterocycles. The van der Waals surface area contributed by atoms with Crippen molar-refractivity contribution >= 4 is 11.9 Å². The lowest BCUT2D eigenvalue weighted by atomic mass is 9.96. The molecule has 1 aromatic rings. The van der Waals surface area contributed by atoms with Gasteiger partial charge in [-0.05, 0) is 56.7 Å². The van der Waals surface area contributed by atoms with Crippen molar-refractivity contribution in [3.8, 4) is 5.75 Å². The minimum Gasteiger partial charge on any atom is -0.494 e. The fraction of sp³-hybridized carbons (Fsp3) is 0.455. The summed E-state index contributed by atoms with van der Waals surface area (Å²) in [6, 6.07) is 6.89. The van der Waals surface area contributed by atoms with Crippen molar-refractivity contribution < 1.29 is 14.3 Å². The first kappa shape index (κ1) is 18.6. The predicted molar refractivity (Wildman–Crippen MR) is 107 cm³/mol. The van der Waals surface area contributed by atoms with E-state index in [-0.39, 0.29) is 11.9 Å². The maximum absolute atomic E-state index is 13.1. The van der Waals surface area contributed by atoms with E-state index >= 15 is 0 Å². The Morgan fingerprint density at radius 1 is 1.18 bits per heavy atom. The highest BCUT2D eigenvalue weighted by atomic mass is 16.5. The van der Waals surface area contributed by atoms with E-state index in [0.717, 1.165) is 36.3 Å². The second-order valence-corrected chi connectivity index (χ2v) is 7.51. The van der Waals surface area contributed by atoms with Crippen LogP contribution in [0, 0.1) is 0 Å². The molecule has 2 N–H and O–H groups in total. The van der Waals surface area contributed by atoms with E-state index in [9.17, 15) is 9.59 Å². The molecule has 0 fully saturated rings. The Morgan fingerprint density at radius 3 is 2.71 bits per heavy atom. The van der Waals surface area contributed by atoms with E-state index in [2.05, 4.69) is 16.7 Å². The first-order valence-electron chi connectivity index (χ1n) is 10.2. The van der Waals surface area contributed by atoms with Gasteiger partial charge in [0.15, 0.2) is 0 Å². The first-order valence-corrected chi connectivity index (χ1v) is 10.2. The molecular formula is C22H27N3O3. The van der Waals surface area contributed by atoms with Crippen LogP contribution in [-0.2, 0) is 4.79 Å². The van der Waals surface area contributed by atoms with Gasteiger partial charge in [-0.3, -0.25) is 4.79 Å². The summed E-state index contributed by atoms with van der Waals surface area (Å²) in [4.78, 5) is 27.1. The molecule has 1 aliphatic carbocycles. The lowest BCUT2D eigenvalue weighted by Gasteiger charge is -2.25. The van der Waals surface area contributed by atoms with E-state index in [4.69, 9.17) is 4.74 Å². The number of carbonyl (C=O) groups excluding carboxylic acids is 2. The van der Waals surface area contributed by atoms with Crippen molar-refractivity contribution in [1.82, 2.24) is 15.5 Å². The molecule has 0 spiro atoms. The molecule has 3 aliphatic rings. The largest absolute Gasteiger partial charge is 0.494 e. The maximum atomic E-state index is 13.1. The zero-order valence-corrected chi connectivity index (χ0v) is 16.3. The molecule has 3 amide bonds. The number of amides is 3. The molecule has 2 aliphatic heterocycles. The highest BCUT2D eigenvalue weighted by Gasteiger charge is 2.40. The van der Waals surface area contributed by atoms with Gasteiger partial charge in [-0.15, -0.1) is 0 Å². The van der Waals surface area contributed by atoms with Crippen LogP contribution in [0.5, 0.6) is 5.75 Å². The minimum atomic E-state index is -0.425. The maximum Gasteiger partial charge on any atom is 0.319 e. The summed E-state index contributed by atoms with van der Waals surface area (Å²) >= 11 is 0. The van der Waals surface area contributed by atoms with Gasteiger partial charge in [-0.2, -0.15) is 0 Å². The van der Waals surface area contributed by atoms with Crippen LogP contribution in [0.15, 0.2) is 47.2 Å². The van der Waals surface area contributed by atoms with Crippen LogP contribution in [0.25, 0.3) is 0 Å². The van der Waals surface area contributed by atoms with Crippen molar-refractivity contribution in [2.75, 3.05) is 19.7 Å². The lowest BCUT2D eigenvalue weighted by Crippen LogP contribution is -2.44. The predicted octanol–water partition coefficient (Wildman–Crippen LogP) is 3.43. The summed E-state index contributed by atoms with van der Waals surface area (Å²) in [5, 5.41) is 5.74. The third kappa shape index (κ3) is 3.77. The van der Waals surface area contributed by atoms with Crippen molar-refractivity contribution in [2.24, 2.45) is 0 Å². The average Bonchev–Trinajstić information content (AvgIpc) is 3.03. The number of allylic oxidation sites excluding steroid dienone is 1. The number of nitrogens with one attached hydrogen (secondary N) is 2. The zero-order chi connectivity index (χ0) is 19.5. The van der Waals surface area contributed by atoms with Gasteiger partial charge >= 0.3 is 6.03 Å². The number of nitrogens with zero attached hydrogens (tertiary/aromatic N) is 1. The number of benzene rings is 1. The molecule has 28 heavy (non-hydrogen) atoms. The van der Waals surface area contributed by atoms with Gasteiger partial charge < -0.3 is 20.3 Å². The topological polar surface area (TPSA) is 70.7 Å². The van der Waals surface area contributed by atoms with Gasteiger partial charge in [-0.25, -0.2) is 4.79 Å². The van der Waals surface area contributed by atoms with Gasteiger partial charge in [0.25, 0.3) is 5.91 Å². The summed E-state index contributed by atoms with van der Waals surface area (Å²) < 4.78 is 5.49. The Bertz CT molecular complexity index is 826. The lowest BCUT2D eigenvalue weighted by molar-refractivity contribution is -0.125. The van der Waals surface area contributed by atoms with Gasteiger partial charge in [0, 0.05) is 6.54 Å². The van der Waals surface area contributed by atoms with Crippen LogP contribution in [0.3, 0.4) is 0 Å². The smallest absolute Gasteiger partial charge is 0.319 e. The normalized spacial score (nSPS) is 21.8. The Hall–Kier alpha value is -2.76. The Labute approximate surface area is 165 Å². The van der Waals surface area contributed by atoms with Crippen LogP contribution in [0.4, 0.5) is 4.79 Å². The van der Waals surface area contributed by atoms with Gasteiger partial charge in [0.1, 0.15) is 5.75 Å². The summed E-state index contributed by atoms with van der Waals surface area (Å²) in [7, 11) is 0. The zero-order valence-electron chi connectivity index (χ0n) is 16.3. The second kappa shape index (κ2) is 8.09. The molecule has 6 heteroatoms. The molecule has 0 radical (unpaired) electrons. The monoisotopic (exact) mass is 381 g/mol. The van der Waals surface area contributed by atoms with E-state index in [1.165, 1.54) is 18.4 Å². The molecule has 148 valence electrons. The third-order valence-electron chi connectivity index (χ3n) is 5.63. The number of hydrogen-bond donors (Lipinski definition) is 2. The van der Waals surface area contributed by atoms with E-state index in [1.54, 1.807) is 0 Å². The summed E-state index contributed by atoms with van der Waals surface area (Å²) in [5.41, 5.74) is 3.72. The fourth-order valence-electron chi connectivity index (χ4n) is 4.19. The van der Waals surface area contributed by atoms with Crippen LogP contribution < -0.4 is 15.4 Å². The third-order valence-corrected chi connectivity index (χ3v) is 5.63. The Balaban J connectivity index is 1.50. The highest BCUT2D eigenvalue weighted by Crippen LogP contribution is 2.33. The molecule has 0 bridgehead atoms. The number of hydrogen-bond acceptors (Lipinski definition) is 3. The average molecular weight is 381 g/mol. The Morgan fingerprint density at radius 2 is 2.00 bits per heavy atom. The number of ether oxygens (including phenoxy) is 1. The molecule has 0 saturated carbocycles. The van der Waals surface area contributed by atoms with E-state index < -0.39 is 6.04 Å². The molecule has 1 atom stereocenters. The quantitative estimate of drug-likeness (QED) is 0.742. The van der Waals surface area contributed by atoms with Gasteiger partial charge in [-0.1, -0.05) is 23.8 Å². The minimum absolute atomic E-state index is 0.0118. The van der Waals surface area contributed by atoms with Crippen molar-refractivity contribution in [3.63, 3.8) is 0 Å². The highest BCUT2D eigenvalue weighted by molar-refractivity contribution is 6.01. The SMILES string of the molecule is CCOc1ccc([C@@H]2NC(=O)NC3=C2C(=O)N(CCC2=CCCCC2)C3)cc1. The van der Waals surface area contributed by atoms with E-state index in [1.807, 2.05) is 36.1 Å². The number of urea groups is 1. The second-order valence-electron chi connectivity index (χ2n) is 7.51. The van der Waals surface area contributed by atoms with Crippen LogP contribution in [0.2, 0.25) is 0 Å². The number of carbonyl (C=O) groups is 2. The molecular weight excluding hydrogens is 354 g/mol. The van der Waals surface area contributed by atoms with Crippen LogP contribution in [-0.4, -0.2) is 36.5 Å².